The van der Waals surface area contributed by atoms with E-state index in [-0.39, 0.29) is 17.4 Å². The number of amides is 1. The van der Waals surface area contributed by atoms with Crippen LogP contribution in [0.1, 0.15) is 67.9 Å². The predicted molar refractivity (Wildman–Crippen MR) is 96.0 cm³/mol. The average Bonchev–Trinajstić information content (AvgIpc) is 2.61. The fourth-order valence-corrected chi connectivity index (χ4v) is 3.61. The summed E-state index contributed by atoms with van der Waals surface area (Å²) >= 11 is 0. The summed E-state index contributed by atoms with van der Waals surface area (Å²) in [6.07, 6.45) is -0.852. The number of hydrogen-bond acceptors (Lipinski definition) is 2. The fourth-order valence-electron chi connectivity index (χ4n) is 3.61. The number of benzene rings is 2. The van der Waals surface area contributed by atoms with E-state index >= 15 is 0 Å². The second-order valence-electron chi connectivity index (χ2n) is 7.64. The van der Waals surface area contributed by atoms with E-state index in [2.05, 4.69) is 18.3 Å². The number of carbonyl (C=O) groups excluding carboxylic acids is 1. The van der Waals surface area contributed by atoms with Crippen molar-refractivity contribution in [3.05, 3.63) is 70.8 Å². The molecule has 1 aliphatic carbocycles. The van der Waals surface area contributed by atoms with Gasteiger partial charge in [-0.1, -0.05) is 55.5 Å². The summed E-state index contributed by atoms with van der Waals surface area (Å²) in [6.45, 7) is 8.00. The van der Waals surface area contributed by atoms with Gasteiger partial charge in [0.25, 0.3) is 0 Å². The average molecular weight is 323 g/mol. The van der Waals surface area contributed by atoms with Crippen molar-refractivity contribution in [3.8, 4) is 0 Å². The molecule has 3 nitrogen and oxygen atoms in total. The zero-order valence-corrected chi connectivity index (χ0v) is 14.7. The molecule has 0 heterocycles. The van der Waals surface area contributed by atoms with Crippen molar-refractivity contribution in [1.29, 1.82) is 0 Å². The van der Waals surface area contributed by atoms with Crippen LogP contribution >= 0.6 is 0 Å². The van der Waals surface area contributed by atoms with Crippen LogP contribution in [0.5, 0.6) is 0 Å². The zero-order chi connectivity index (χ0) is 17.5. The molecule has 0 bridgehead atoms. The van der Waals surface area contributed by atoms with Gasteiger partial charge in [0, 0.05) is 11.5 Å². The maximum absolute atomic E-state index is 13.0. The van der Waals surface area contributed by atoms with Crippen LogP contribution in [0.25, 0.3) is 0 Å². The van der Waals surface area contributed by atoms with E-state index in [1.165, 1.54) is 0 Å². The van der Waals surface area contributed by atoms with E-state index in [0.29, 0.717) is 0 Å². The maximum atomic E-state index is 13.0. The summed E-state index contributed by atoms with van der Waals surface area (Å²) in [4.78, 5) is 13.0. The minimum Gasteiger partial charge on any atom is -0.387 e. The lowest BCUT2D eigenvalue weighted by molar-refractivity contribution is -0.126. The van der Waals surface area contributed by atoms with Gasteiger partial charge in [-0.25, -0.2) is 0 Å². The molecular formula is C21H25NO2. The largest absolute Gasteiger partial charge is 0.387 e. The minimum absolute atomic E-state index is 0.133. The Balaban J connectivity index is 2.17. The molecule has 3 unspecified atom stereocenters. The van der Waals surface area contributed by atoms with Crippen LogP contribution in [0.2, 0.25) is 0 Å². The van der Waals surface area contributed by atoms with Crippen molar-refractivity contribution in [2.75, 3.05) is 0 Å². The first-order valence-corrected chi connectivity index (χ1v) is 8.47. The molecule has 3 heteroatoms. The minimum atomic E-state index is -0.852. The third-order valence-electron chi connectivity index (χ3n) is 4.68. The van der Waals surface area contributed by atoms with Crippen LogP contribution in [-0.4, -0.2) is 16.6 Å². The Morgan fingerprint density at radius 2 is 1.38 bits per heavy atom. The van der Waals surface area contributed by atoms with Gasteiger partial charge < -0.3 is 10.4 Å². The maximum Gasteiger partial charge on any atom is 0.230 e. The number of aliphatic hydroxyl groups excluding tert-OH is 1. The Bertz CT molecular complexity index is 760. The molecule has 2 aromatic rings. The Labute approximate surface area is 143 Å². The van der Waals surface area contributed by atoms with Crippen molar-refractivity contribution in [2.24, 2.45) is 0 Å². The Kier molecular flexibility index (Phi) is 4.22. The topological polar surface area (TPSA) is 49.3 Å². The number of carbonyl (C=O) groups is 1. The molecule has 0 saturated heterocycles. The van der Waals surface area contributed by atoms with Gasteiger partial charge >= 0.3 is 0 Å². The van der Waals surface area contributed by atoms with Crippen LogP contribution in [0, 0.1) is 0 Å². The van der Waals surface area contributed by atoms with Gasteiger partial charge in [-0.3, -0.25) is 4.79 Å². The van der Waals surface area contributed by atoms with Crippen molar-refractivity contribution in [2.45, 2.75) is 51.2 Å². The molecular weight excluding hydrogens is 298 g/mol. The third-order valence-corrected chi connectivity index (χ3v) is 4.68. The molecule has 0 spiro atoms. The Morgan fingerprint density at radius 1 is 0.917 bits per heavy atom. The normalized spacial score (nSPS) is 23.0. The van der Waals surface area contributed by atoms with E-state index in [1.807, 2.05) is 63.2 Å². The van der Waals surface area contributed by atoms with Gasteiger partial charge in [0.15, 0.2) is 0 Å². The van der Waals surface area contributed by atoms with Crippen LogP contribution in [-0.2, 0) is 4.79 Å². The number of nitrogens with one attached hydrogen (secondary N) is 1. The summed E-state index contributed by atoms with van der Waals surface area (Å²) in [5.41, 5.74) is 3.60. The van der Waals surface area contributed by atoms with E-state index in [1.54, 1.807) is 0 Å². The number of hydrogen-bond donors (Lipinski definition) is 2. The van der Waals surface area contributed by atoms with Crippen LogP contribution < -0.4 is 5.32 Å². The highest BCUT2D eigenvalue weighted by atomic mass is 16.3. The molecule has 0 saturated carbocycles. The molecule has 126 valence electrons. The first-order chi connectivity index (χ1) is 11.3. The van der Waals surface area contributed by atoms with E-state index in [0.717, 1.165) is 22.3 Å². The molecule has 2 N–H and O–H groups in total. The van der Waals surface area contributed by atoms with Crippen molar-refractivity contribution >= 4 is 5.91 Å². The standard InChI is InChI=1S/C21H25NO2/c1-13-14-9-5-7-11-16(14)18(20(24)22-21(2,3)4)19(23)17-12-8-6-10-15(13)17/h5-13,18-19,23H,1-4H3,(H,22,24). The summed E-state index contributed by atoms with van der Waals surface area (Å²) in [6, 6.07) is 15.8. The van der Waals surface area contributed by atoms with Gasteiger partial charge in [0.2, 0.25) is 5.91 Å². The number of aliphatic hydroxyl groups is 1. The van der Waals surface area contributed by atoms with E-state index in [9.17, 15) is 9.90 Å². The van der Waals surface area contributed by atoms with Gasteiger partial charge in [-0.15, -0.1) is 0 Å². The highest BCUT2D eigenvalue weighted by Gasteiger charge is 2.38. The van der Waals surface area contributed by atoms with E-state index in [4.69, 9.17) is 0 Å². The van der Waals surface area contributed by atoms with Crippen molar-refractivity contribution < 1.29 is 9.90 Å². The molecule has 0 aliphatic heterocycles. The quantitative estimate of drug-likeness (QED) is 0.836. The monoisotopic (exact) mass is 323 g/mol. The second-order valence-corrected chi connectivity index (χ2v) is 7.64. The Morgan fingerprint density at radius 3 is 1.92 bits per heavy atom. The van der Waals surface area contributed by atoms with Crippen LogP contribution in [0.15, 0.2) is 48.5 Å². The van der Waals surface area contributed by atoms with Gasteiger partial charge in [0.05, 0.1) is 12.0 Å². The molecule has 1 amide bonds. The van der Waals surface area contributed by atoms with E-state index < -0.39 is 12.0 Å². The first-order valence-electron chi connectivity index (χ1n) is 8.47. The van der Waals surface area contributed by atoms with Crippen LogP contribution in [0.3, 0.4) is 0 Å². The number of rotatable bonds is 1. The summed E-state index contributed by atoms with van der Waals surface area (Å²) in [5.74, 6) is -0.600. The fraction of sp³-hybridized carbons (Fsp3) is 0.381. The molecule has 1 aliphatic rings. The van der Waals surface area contributed by atoms with Gasteiger partial charge in [-0.05, 0) is 43.0 Å². The zero-order valence-electron chi connectivity index (χ0n) is 14.7. The molecule has 3 atom stereocenters. The second kappa shape index (κ2) is 6.06. The lowest BCUT2D eigenvalue weighted by Crippen LogP contribution is -2.44. The summed E-state index contributed by atoms with van der Waals surface area (Å²) < 4.78 is 0. The van der Waals surface area contributed by atoms with Gasteiger partial charge in [-0.2, -0.15) is 0 Å². The van der Waals surface area contributed by atoms with Crippen LogP contribution in [0.4, 0.5) is 0 Å². The molecule has 0 fully saturated rings. The highest BCUT2D eigenvalue weighted by molar-refractivity contribution is 5.86. The first kappa shape index (κ1) is 16.7. The Hall–Kier alpha value is -2.13. The molecule has 0 radical (unpaired) electrons. The van der Waals surface area contributed by atoms with Gasteiger partial charge in [0.1, 0.15) is 0 Å². The number of fused-ring (bicyclic) bond motifs is 2. The highest BCUT2D eigenvalue weighted by Crippen LogP contribution is 2.44. The summed E-state index contributed by atoms with van der Waals surface area (Å²) in [5, 5.41) is 14.1. The molecule has 2 aromatic carbocycles. The van der Waals surface area contributed by atoms with Crippen molar-refractivity contribution in [1.82, 2.24) is 5.32 Å². The molecule has 3 rings (SSSR count). The lowest BCUT2D eigenvalue weighted by Gasteiger charge is -2.28. The smallest absolute Gasteiger partial charge is 0.230 e. The summed E-state index contributed by atoms with van der Waals surface area (Å²) in [7, 11) is 0. The molecule has 24 heavy (non-hydrogen) atoms. The van der Waals surface area contributed by atoms with Crippen molar-refractivity contribution in [3.63, 3.8) is 0 Å². The SMILES string of the molecule is CC1c2ccccc2C(O)C(C(=O)NC(C)(C)C)c2ccccc21. The molecule has 0 aromatic heterocycles. The third kappa shape index (κ3) is 2.96. The lowest BCUT2D eigenvalue weighted by atomic mass is 9.86. The predicted octanol–water partition coefficient (Wildman–Crippen LogP) is 3.88.